The molecule has 6 heteroatoms. The number of hydrogen-bond acceptors (Lipinski definition) is 4. The van der Waals surface area contributed by atoms with Gasteiger partial charge < -0.3 is 0 Å². The molecule has 0 aliphatic rings. The maximum atomic E-state index is 5.32. The molecule has 0 amide bonds. The van der Waals surface area contributed by atoms with Crippen molar-refractivity contribution in [1.29, 1.82) is 0 Å². The zero-order chi connectivity index (χ0) is 28.1. The highest BCUT2D eigenvalue weighted by Gasteiger charge is 2.25. The van der Waals surface area contributed by atoms with E-state index in [1.165, 1.54) is 31.1 Å². The van der Waals surface area contributed by atoms with Crippen LogP contribution in [-0.4, -0.2) is 23.9 Å². The Labute approximate surface area is 248 Å². The molecular formula is C37H21N5S. The number of para-hydroxylation sites is 4. The first kappa shape index (κ1) is 23.0. The van der Waals surface area contributed by atoms with Gasteiger partial charge in [-0.05, 0) is 30.3 Å². The van der Waals surface area contributed by atoms with Gasteiger partial charge in [-0.1, -0.05) is 97.1 Å². The van der Waals surface area contributed by atoms with Gasteiger partial charge in [0.1, 0.15) is 5.52 Å². The van der Waals surface area contributed by atoms with Crippen LogP contribution in [0.5, 0.6) is 0 Å². The second-order valence-electron chi connectivity index (χ2n) is 10.9. The van der Waals surface area contributed by atoms with E-state index in [1.807, 2.05) is 23.5 Å². The highest BCUT2D eigenvalue weighted by Crippen LogP contribution is 2.45. The van der Waals surface area contributed by atoms with Crippen molar-refractivity contribution < 1.29 is 0 Å². The van der Waals surface area contributed by atoms with Crippen molar-refractivity contribution in [2.45, 2.75) is 0 Å². The van der Waals surface area contributed by atoms with Crippen molar-refractivity contribution in [3.05, 3.63) is 127 Å². The molecular weight excluding hydrogens is 547 g/mol. The predicted molar refractivity (Wildman–Crippen MR) is 178 cm³/mol. The number of benzene rings is 5. The summed E-state index contributed by atoms with van der Waals surface area (Å²) in [6.07, 6.45) is 0. The molecule has 0 aliphatic heterocycles. The average Bonchev–Trinajstić information content (AvgIpc) is 3.74. The minimum Gasteiger partial charge on any atom is -0.289 e. The number of imidazole rings is 1. The van der Waals surface area contributed by atoms with Gasteiger partial charge in [0.25, 0.3) is 0 Å². The summed E-state index contributed by atoms with van der Waals surface area (Å²) < 4.78 is 7.08. The summed E-state index contributed by atoms with van der Waals surface area (Å²) >= 11 is 1.84. The van der Waals surface area contributed by atoms with Crippen molar-refractivity contribution in [3.63, 3.8) is 0 Å². The van der Waals surface area contributed by atoms with Gasteiger partial charge in [-0.15, -0.1) is 11.3 Å². The molecule has 0 atom stereocenters. The maximum absolute atomic E-state index is 5.32. The highest BCUT2D eigenvalue weighted by atomic mass is 32.1. The fraction of sp³-hybridized carbons (Fsp3) is 0. The van der Waals surface area contributed by atoms with Crippen LogP contribution in [0.15, 0.2) is 127 Å². The van der Waals surface area contributed by atoms with Gasteiger partial charge in [-0.2, -0.15) is 0 Å². The molecule has 10 aromatic rings. The van der Waals surface area contributed by atoms with E-state index in [2.05, 4.69) is 124 Å². The van der Waals surface area contributed by atoms with Crippen LogP contribution in [0.25, 0.3) is 86.9 Å². The number of fused-ring (bicyclic) bond motifs is 13. The van der Waals surface area contributed by atoms with Gasteiger partial charge in [-0.25, -0.2) is 15.0 Å². The predicted octanol–water partition coefficient (Wildman–Crippen LogP) is 9.56. The standard InChI is InChI=1S/C37H21N5S/c1-2-12-22(13-3-1)32-23-14-4-7-17-26(23)39-37(40-32)42-28-19-9-5-15-24(28)31-34(42)36-38-27-18-8-10-20-29(27)41(36)33-25-16-6-11-21-30(25)43-35(31)33/h1-21H. The summed E-state index contributed by atoms with van der Waals surface area (Å²) in [4.78, 5) is 15.8. The molecule has 0 saturated carbocycles. The fourth-order valence-electron chi connectivity index (χ4n) is 6.70. The molecule has 5 aromatic heterocycles. The van der Waals surface area contributed by atoms with Crippen molar-refractivity contribution >= 4 is 81.0 Å². The van der Waals surface area contributed by atoms with E-state index >= 15 is 0 Å². The third-order valence-corrected chi connectivity index (χ3v) is 9.68. The molecule has 0 fully saturated rings. The number of nitrogens with zero attached hydrogens (tertiary/aromatic N) is 5. The average molecular weight is 568 g/mol. The van der Waals surface area contributed by atoms with Crippen LogP contribution >= 0.6 is 11.3 Å². The van der Waals surface area contributed by atoms with Crippen LogP contribution in [-0.2, 0) is 0 Å². The zero-order valence-electron chi connectivity index (χ0n) is 22.8. The van der Waals surface area contributed by atoms with Crippen LogP contribution in [0.3, 0.4) is 0 Å². The smallest absolute Gasteiger partial charge is 0.235 e. The van der Waals surface area contributed by atoms with Gasteiger partial charge in [-0.3, -0.25) is 8.97 Å². The molecule has 5 nitrogen and oxygen atoms in total. The summed E-state index contributed by atoms with van der Waals surface area (Å²) in [5, 5.41) is 4.62. The second kappa shape index (κ2) is 8.47. The zero-order valence-corrected chi connectivity index (χ0v) is 23.6. The first-order valence-corrected chi connectivity index (χ1v) is 15.1. The first-order valence-electron chi connectivity index (χ1n) is 14.3. The normalized spacial score (nSPS) is 12.2. The molecule has 0 unspecified atom stereocenters. The van der Waals surface area contributed by atoms with Crippen molar-refractivity contribution in [1.82, 2.24) is 23.9 Å². The Kier molecular flexibility index (Phi) is 4.54. The highest BCUT2D eigenvalue weighted by molar-refractivity contribution is 7.26. The van der Waals surface area contributed by atoms with Crippen LogP contribution in [0.4, 0.5) is 0 Å². The number of thiophene rings is 1. The Morgan fingerprint density at radius 3 is 2.05 bits per heavy atom. The van der Waals surface area contributed by atoms with E-state index in [4.69, 9.17) is 15.0 Å². The van der Waals surface area contributed by atoms with Crippen LogP contribution in [0.1, 0.15) is 0 Å². The fourth-order valence-corrected chi connectivity index (χ4v) is 7.95. The van der Waals surface area contributed by atoms with Gasteiger partial charge in [0.05, 0.1) is 38.0 Å². The molecule has 10 rings (SSSR count). The van der Waals surface area contributed by atoms with Crippen LogP contribution in [0, 0.1) is 0 Å². The van der Waals surface area contributed by atoms with Crippen molar-refractivity contribution in [2.24, 2.45) is 0 Å². The minimum absolute atomic E-state index is 0.637. The molecule has 0 saturated heterocycles. The number of aromatic nitrogens is 5. The van der Waals surface area contributed by atoms with Crippen molar-refractivity contribution in [2.75, 3.05) is 0 Å². The van der Waals surface area contributed by atoms with E-state index in [0.29, 0.717) is 5.95 Å². The Balaban J connectivity index is 1.48. The lowest BCUT2D eigenvalue weighted by Crippen LogP contribution is -2.04. The van der Waals surface area contributed by atoms with Gasteiger partial charge in [0, 0.05) is 31.8 Å². The Bertz CT molecular complexity index is 2730. The van der Waals surface area contributed by atoms with Gasteiger partial charge in [0.2, 0.25) is 5.95 Å². The summed E-state index contributed by atoms with van der Waals surface area (Å²) in [5.41, 5.74) is 9.13. The topological polar surface area (TPSA) is 48.0 Å². The Morgan fingerprint density at radius 1 is 0.512 bits per heavy atom. The minimum atomic E-state index is 0.637. The van der Waals surface area contributed by atoms with E-state index < -0.39 is 0 Å². The molecule has 43 heavy (non-hydrogen) atoms. The molecule has 0 radical (unpaired) electrons. The lowest BCUT2D eigenvalue weighted by molar-refractivity contribution is 1.01. The molecule has 0 spiro atoms. The maximum Gasteiger partial charge on any atom is 0.235 e. The SMILES string of the molecule is c1ccc(-c2nc(-n3c4ccccc4c4c5sc6ccccc6c5n5c6ccccc6nc5c43)nc3ccccc23)cc1. The quantitative estimate of drug-likeness (QED) is 0.209. The summed E-state index contributed by atoms with van der Waals surface area (Å²) in [6, 6.07) is 44.4. The number of pyridine rings is 1. The van der Waals surface area contributed by atoms with E-state index in [0.717, 1.165) is 49.9 Å². The summed E-state index contributed by atoms with van der Waals surface area (Å²) in [6.45, 7) is 0. The summed E-state index contributed by atoms with van der Waals surface area (Å²) in [7, 11) is 0. The lowest BCUT2D eigenvalue weighted by atomic mass is 10.1. The van der Waals surface area contributed by atoms with E-state index in [1.54, 1.807) is 0 Å². The number of rotatable bonds is 2. The third-order valence-electron chi connectivity index (χ3n) is 8.51. The Hall–Kier alpha value is -5.59. The monoisotopic (exact) mass is 567 g/mol. The van der Waals surface area contributed by atoms with E-state index in [-0.39, 0.29) is 0 Å². The Morgan fingerprint density at radius 2 is 1.19 bits per heavy atom. The van der Waals surface area contributed by atoms with Crippen molar-refractivity contribution in [3.8, 4) is 17.2 Å². The molecule has 0 bridgehead atoms. The van der Waals surface area contributed by atoms with Crippen LogP contribution in [0.2, 0.25) is 0 Å². The van der Waals surface area contributed by atoms with Gasteiger partial charge >= 0.3 is 0 Å². The molecule has 5 aromatic carbocycles. The lowest BCUT2D eigenvalue weighted by Gasteiger charge is -2.12. The molecule has 200 valence electrons. The third kappa shape index (κ3) is 3.07. The van der Waals surface area contributed by atoms with E-state index in [9.17, 15) is 0 Å². The largest absolute Gasteiger partial charge is 0.289 e. The van der Waals surface area contributed by atoms with Gasteiger partial charge in [0.15, 0.2) is 5.65 Å². The molecule has 0 aliphatic carbocycles. The summed E-state index contributed by atoms with van der Waals surface area (Å²) in [5.74, 6) is 0.637. The molecule has 5 heterocycles. The number of hydrogen-bond donors (Lipinski definition) is 0. The molecule has 0 N–H and O–H groups in total. The second-order valence-corrected chi connectivity index (χ2v) is 11.9. The first-order chi connectivity index (χ1) is 21.3. The van der Waals surface area contributed by atoms with Crippen LogP contribution < -0.4 is 0 Å².